The Labute approximate surface area is 198 Å². The van der Waals surface area contributed by atoms with Gasteiger partial charge in [-0.3, -0.25) is 4.79 Å². The molecule has 9 heteroatoms. The Morgan fingerprint density at radius 1 is 1.24 bits per heavy atom. The van der Waals surface area contributed by atoms with Crippen LogP contribution in [0.1, 0.15) is 35.7 Å². The molecular formula is C25H28N6O3. The van der Waals surface area contributed by atoms with Crippen molar-refractivity contribution in [2.75, 3.05) is 44.0 Å². The van der Waals surface area contributed by atoms with Crippen LogP contribution in [0.25, 0.3) is 11.3 Å². The molecule has 3 N–H and O–H groups in total. The highest BCUT2D eigenvalue weighted by atomic mass is 16.5. The van der Waals surface area contributed by atoms with Crippen LogP contribution in [0.3, 0.4) is 0 Å². The van der Waals surface area contributed by atoms with Crippen molar-refractivity contribution < 1.29 is 14.6 Å². The highest BCUT2D eigenvalue weighted by molar-refractivity contribution is 5.95. The highest BCUT2D eigenvalue weighted by Gasteiger charge is 2.35. The number of aliphatic hydroxyl groups excluding tert-OH is 1. The van der Waals surface area contributed by atoms with Crippen molar-refractivity contribution in [1.29, 1.82) is 0 Å². The highest BCUT2D eigenvalue weighted by Crippen LogP contribution is 2.37. The van der Waals surface area contributed by atoms with Gasteiger partial charge in [-0.25, -0.2) is 15.0 Å². The van der Waals surface area contributed by atoms with E-state index in [0.29, 0.717) is 35.2 Å². The van der Waals surface area contributed by atoms with Crippen molar-refractivity contribution in [2.24, 2.45) is 0 Å². The van der Waals surface area contributed by atoms with Crippen molar-refractivity contribution in [3.63, 3.8) is 0 Å². The van der Waals surface area contributed by atoms with E-state index in [0.717, 1.165) is 42.9 Å². The van der Waals surface area contributed by atoms with Gasteiger partial charge >= 0.3 is 0 Å². The third kappa shape index (κ3) is 4.03. The summed E-state index contributed by atoms with van der Waals surface area (Å²) in [5.41, 5.74) is 3.41. The van der Waals surface area contributed by atoms with Crippen LogP contribution in [-0.2, 0) is 5.41 Å². The van der Waals surface area contributed by atoms with Crippen LogP contribution in [-0.4, -0.2) is 64.2 Å². The molecule has 1 amide bonds. The van der Waals surface area contributed by atoms with Crippen molar-refractivity contribution >= 4 is 23.4 Å². The summed E-state index contributed by atoms with van der Waals surface area (Å²) in [6.07, 6.45) is 5.54. The van der Waals surface area contributed by atoms with E-state index in [1.807, 2.05) is 30.0 Å². The fraction of sp³-hybridized carbons (Fsp3) is 0.360. The van der Waals surface area contributed by atoms with Gasteiger partial charge in [-0.2, -0.15) is 0 Å². The average molecular weight is 461 g/mol. The number of nitrogens with zero attached hydrogens (tertiary/aromatic N) is 4. The first-order valence-corrected chi connectivity index (χ1v) is 11.4. The second-order valence-electron chi connectivity index (χ2n) is 9.00. The molecule has 0 aliphatic carbocycles. The molecule has 1 atom stereocenters. The first kappa shape index (κ1) is 22.1. The van der Waals surface area contributed by atoms with Gasteiger partial charge in [-0.15, -0.1) is 0 Å². The summed E-state index contributed by atoms with van der Waals surface area (Å²) >= 11 is 0. The number of benzene rings is 1. The number of carbonyl (C=O) groups is 1. The van der Waals surface area contributed by atoms with Crippen LogP contribution in [0.15, 0.2) is 42.7 Å². The number of ether oxygens (including phenoxy) is 1. The number of fused-ring (bicyclic) bond motifs is 1. The molecule has 2 aromatic heterocycles. The summed E-state index contributed by atoms with van der Waals surface area (Å²) in [4.78, 5) is 28.1. The predicted octanol–water partition coefficient (Wildman–Crippen LogP) is 3.20. The largest absolute Gasteiger partial charge is 0.495 e. The number of aliphatic hydroxyl groups is 1. The molecule has 34 heavy (non-hydrogen) atoms. The van der Waals surface area contributed by atoms with E-state index < -0.39 is 0 Å². The van der Waals surface area contributed by atoms with E-state index in [2.05, 4.69) is 25.6 Å². The second kappa shape index (κ2) is 8.90. The lowest BCUT2D eigenvalue weighted by molar-refractivity contribution is 0.0792. The van der Waals surface area contributed by atoms with Gasteiger partial charge in [0.25, 0.3) is 5.91 Å². The first-order valence-electron chi connectivity index (χ1n) is 11.4. The summed E-state index contributed by atoms with van der Waals surface area (Å²) in [6.45, 7) is 4.28. The minimum atomic E-state index is -0.381. The van der Waals surface area contributed by atoms with E-state index >= 15 is 0 Å². The van der Waals surface area contributed by atoms with Crippen LogP contribution in [0.2, 0.25) is 0 Å². The molecule has 4 heterocycles. The molecule has 176 valence electrons. The zero-order chi connectivity index (χ0) is 23.7. The van der Waals surface area contributed by atoms with Gasteiger partial charge < -0.3 is 25.4 Å². The van der Waals surface area contributed by atoms with Crippen LogP contribution in [0, 0.1) is 0 Å². The van der Waals surface area contributed by atoms with Gasteiger partial charge in [0.1, 0.15) is 11.6 Å². The molecule has 3 aromatic rings. The number of methoxy groups -OCH3 is 1. The van der Waals surface area contributed by atoms with Crippen LogP contribution < -0.4 is 15.4 Å². The molecule has 1 saturated heterocycles. The fourth-order valence-corrected chi connectivity index (χ4v) is 4.45. The standard InChI is InChI=1S/C25H28N6O3/c1-25(15-32)14-28-22-18(25)11-17(13-27-22)19-7-8-26-24(29-19)30-20-6-5-16(12-21(20)34-2)23(33)31-9-3-4-10-31/h5-8,11-13,32H,3-4,9-10,14-15H2,1-2H3,(H,27,28)(H,26,29,30). The van der Waals surface area contributed by atoms with Gasteiger partial charge in [-0.1, -0.05) is 6.92 Å². The summed E-state index contributed by atoms with van der Waals surface area (Å²) in [6, 6.07) is 9.20. The smallest absolute Gasteiger partial charge is 0.253 e. The zero-order valence-corrected chi connectivity index (χ0v) is 19.3. The summed E-state index contributed by atoms with van der Waals surface area (Å²) < 4.78 is 5.54. The van der Waals surface area contributed by atoms with Crippen molar-refractivity contribution in [1.82, 2.24) is 19.9 Å². The van der Waals surface area contributed by atoms with Crippen molar-refractivity contribution in [3.05, 3.63) is 53.9 Å². The number of nitrogens with one attached hydrogen (secondary N) is 2. The van der Waals surface area contributed by atoms with Gasteiger partial charge in [0.2, 0.25) is 5.95 Å². The Bertz CT molecular complexity index is 1230. The normalized spacial score (nSPS) is 19.0. The van der Waals surface area contributed by atoms with Crippen LogP contribution in [0.4, 0.5) is 17.5 Å². The zero-order valence-electron chi connectivity index (χ0n) is 19.3. The lowest BCUT2D eigenvalue weighted by Crippen LogP contribution is -2.28. The third-order valence-electron chi connectivity index (χ3n) is 6.57. The van der Waals surface area contributed by atoms with E-state index in [-0.39, 0.29) is 17.9 Å². The topological polar surface area (TPSA) is 112 Å². The maximum Gasteiger partial charge on any atom is 0.253 e. The molecule has 0 bridgehead atoms. The number of hydrogen-bond acceptors (Lipinski definition) is 8. The van der Waals surface area contributed by atoms with E-state index in [1.165, 1.54) is 0 Å². The van der Waals surface area contributed by atoms with Crippen LogP contribution in [0.5, 0.6) is 5.75 Å². The minimum absolute atomic E-state index is 0.0223. The molecule has 0 saturated carbocycles. The summed E-state index contributed by atoms with van der Waals surface area (Å²) in [7, 11) is 1.57. The lowest BCUT2D eigenvalue weighted by atomic mass is 9.85. The van der Waals surface area contributed by atoms with E-state index in [1.54, 1.807) is 31.6 Å². The maximum atomic E-state index is 12.7. The third-order valence-corrected chi connectivity index (χ3v) is 6.57. The molecule has 2 aliphatic rings. The predicted molar refractivity (Wildman–Crippen MR) is 130 cm³/mol. The van der Waals surface area contributed by atoms with Gasteiger partial charge in [-0.05, 0) is 43.2 Å². The number of aromatic nitrogens is 3. The molecule has 2 aliphatic heterocycles. The number of likely N-dealkylation sites (tertiary alicyclic amines) is 1. The number of amides is 1. The average Bonchev–Trinajstić information content (AvgIpc) is 3.53. The SMILES string of the molecule is COc1cc(C(=O)N2CCCC2)ccc1Nc1nccc(-c2cnc3c(c2)C(C)(CO)CN3)n1. The quantitative estimate of drug-likeness (QED) is 0.514. The number of carbonyl (C=O) groups excluding carboxylic acids is 1. The maximum absolute atomic E-state index is 12.7. The number of rotatable bonds is 6. The Morgan fingerprint density at radius 2 is 2.06 bits per heavy atom. The number of anilines is 3. The second-order valence-corrected chi connectivity index (χ2v) is 9.00. The fourth-order valence-electron chi connectivity index (χ4n) is 4.45. The molecule has 0 radical (unpaired) electrons. The molecule has 5 rings (SSSR count). The number of hydrogen-bond donors (Lipinski definition) is 3. The Hall–Kier alpha value is -3.72. The van der Waals surface area contributed by atoms with Gasteiger partial charge in [0, 0.05) is 54.1 Å². The Balaban J connectivity index is 1.40. The lowest BCUT2D eigenvalue weighted by Gasteiger charge is -2.20. The minimum Gasteiger partial charge on any atom is -0.495 e. The van der Waals surface area contributed by atoms with Gasteiger partial charge in [0.05, 0.1) is 25.1 Å². The monoisotopic (exact) mass is 460 g/mol. The van der Waals surface area contributed by atoms with Crippen molar-refractivity contribution in [3.8, 4) is 17.0 Å². The van der Waals surface area contributed by atoms with Crippen molar-refractivity contribution in [2.45, 2.75) is 25.2 Å². The van der Waals surface area contributed by atoms with Gasteiger partial charge in [0.15, 0.2) is 0 Å². The Morgan fingerprint density at radius 3 is 2.82 bits per heavy atom. The summed E-state index contributed by atoms with van der Waals surface area (Å²) in [5.74, 6) is 1.76. The molecule has 1 aromatic carbocycles. The molecule has 1 unspecified atom stereocenters. The first-order chi connectivity index (χ1) is 16.5. The van der Waals surface area contributed by atoms with Crippen LogP contribution >= 0.6 is 0 Å². The molecule has 1 fully saturated rings. The number of pyridine rings is 1. The van der Waals surface area contributed by atoms with E-state index in [4.69, 9.17) is 4.74 Å². The Kier molecular flexibility index (Phi) is 5.79. The summed E-state index contributed by atoms with van der Waals surface area (Å²) in [5, 5.41) is 16.3. The van der Waals surface area contributed by atoms with E-state index in [9.17, 15) is 9.90 Å². The molecule has 9 nitrogen and oxygen atoms in total. The molecule has 0 spiro atoms. The molecular weight excluding hydrogens is 432 g/mol.